The molecule has 1 aromatic rings. The molecular weight excluding hydrogens is 271 g/mol. The molecule has 0 aromatic heterocycles. The van der Waals surface area contributed by atoms with Crippen LogP contribution >= 0.6 is 27.5 Å². The highest BCUT2D eigenvalue weighted by atomic mass is 79.9. The van der Waals surface area contributed by atoms with E-state index in [1.807, 2.05) is 0 Å². The number of methoxy groups -OCH3 is 1. The van der Waals surface area contributed by atoms with Crippen LogP contribution in [0.4, 0.5) is 0 Å². The first-order valence-corrected chi connectivity index (χ1v) is 4.94. The fourth-order valence-electron chi connectivity index (χ4n) is 0.962. The lowest BCUT2D eigenvalue weighted by Gasteiger charge is -2.10. The Bertz CT molecular complexity index is 354. The smallest absolute Gasteiger partial charge is 0.339 e. The maximum absolute atomic E-state index is 11.0. The lowest BCUT2D eigenvalue weighted by atomic mass is 10.1. The summed E-state index contributed by atoms with van der Waals surface area (Å²) in [5.74, 6) is -0.728. The van der Waals surface area contributed by atoms with Gasteiger partial charge in [-0.1, -0.05) is 33.6 Å². The van der Waals surface area contributed by atoms with Gasteiger partial charge in [0.1, 0.15) is 0 Å². The number of carbonyl (C=O) groups excluding carboxylic acids is 1. The Morgan fingerprint density at radius 3 is 2.79 bits per heavy atom. The number of hydrogen-bond acceptors (Lipinski definition) is 3. The molecule has 3 nitrogen and oxygen atoms in total. The van der Waals surface area contributed by atoms with Crippen molar-refractivity contribution in [2.45, 2.75) is 6.10 Å². The third kappa shape index (κ3) is 2.47. The van der Waals surface area contributed by atoms with Crippen LogP contribution in [0, 0.1) is 0 Å². The van der Waals surface area contributed by atoms with Gasteiger partial charge in [-0.3, -0.25) is 0 Å². The van der Waals surface area contributed by atoms with Gasteiger partial charge in [0, 0.05) is 15.1 Å². The minimum absolute atomic E-state index is 0.317. The maximum atomic E-state index is 11.0. The number of aliphatic hydroxyl groups excluding tert-OH is 1. The second-order valence-corrected chi connectivity index (χ2v) is 3.91. The van der Waals surface area contributed by atoms with Crippen molar-refractivity contribution in [3.05, 3.63) is 33.3 Å². The summed E-state index contributed by atoms with van der Waals surface area (Å²) in [6.45, 7) is 0. The van der Waals surface area contributed by atoms with Gasteiger partial charge in [0.15, 0.2) is 6.10 Å². The van der Waals surface area contributed by atoms with Crippen LogP contribution in [0.15, 0.2) is 22.7 Å². The minimum Gasteiger partial charge on any atom is -0.467 e. The van der Waals surface area contributed by atoms with Crippen LogP contribution in [0.1, 0.15) is 11.7 Å². The summed E-state index contributed by atoms with van der Waals surface area (Å²) in [7, 11) is 1.21. The van der Waals surface area contributed by atoms with Crippen LogP contribution in [-0.4, -0.2) is 18.2 Å². The standard InChI is InChI=1S/C9H8BrClO3/c1-14-9(13)8(12)6-3-2-5(10)4-7(6)11/h2-4,8,12H,1H3. The molecule has 0 spiro atoms. The number of rotatable bonds is 2. The van der Waals surface area contributed by atoms with E-state index in [4.69, 9.17) is 11.6 Å². The van der Waals surface area contributed by atoms with Crippen LogP contribution in [0.25, 0.3) is 0 Å². The Balaban J connectivity index is 3.01. The van der Waals surface area contributed by atoms with Gasteiger partial charge in [-0.2, -0.15) is 0 Å². The number of ether oxygens (including phenoxy) is 1. The molecule has 0 bridgehead atoms. The summed E-state index contributed by atoms with van der Waals surface area (Å²) < 4.78 is 5.17. The first-order chi connectivity index (χ1) is 6.56. The fourth-order valence-corrected chi connectivity index (χ4v) is 1.74. The normalized spacial score (nSPS) is 12.3. The van der Waals surface area contributed by atoms with Crippen molar-refractivity contribution in [1.29, 1.82) is 0 Å². The zero-order valence-electron chi connectivity index (χ0n) is 7.33. The number of hydrogen-bond donors (Lipinski definition) is 1. The molecule has 0 radical (unpaired) electrons. The second kappa shape index (κ2) is 4.77. The van der Waals surface area contributed by atoms with Crippen molar-refractivity contribution in [2.24, 2.45) is 0 Å². The molecule has 0 amide bonds. The van der Waals surface area contributed by atoms with Crippen molar-refractivity contribution >= 4 is 33.5 Å². The Hall–Kier alpha value is -0.580. The van der Waals surface area contributed by atoms with Gasteiger partial charge < -0.3 is 9.84 Å². The predicted octanol–water partition coefficient (Wildman–Crippen LogP) is 2.31. The first-order valence-electron chi connectivity index (χ1n) is 3.77. The molecule has 0 heterocycles. The quantitative estimate of drug-likeness (QED) is 0.845. The number of halogens is 2. The molecule has 0 saturated carbocycles. The average molecular weight is 280 g/mol. The van der Waals surface area contributed by atoms with E-state index in [9.17, 15) is 9.90 Å². The first kappa shape index (κ1) is 11.5. The summed E-state index contributed by atoms with van der Waals surface area (Å²) in [6, 6.07) is 4.85. The number of aliphatic hydroxyl groups is 1. The number of carbonyl (C=O) groups is 1. The van der Waals surface area contributed by atoms with Gasteiger partial charge in [0.25, 0.3) is 0 Å². The second-order valence-electron chi connectivity index (χ2n) is 2.59. The summed E-state index contributed by atoms with van der Waals surface area (Å²) in [5.41, 5.74) is 0.335. The molecule has 0 aliphatic rings. The van der Waals surface area contributed by atoms with Crippen molar-refractivity contribution in [1.82, 2.24) is 0 Å². The Morgan fingerprint density at radius 1 is 1.64 bits per heavy atom. The monoisotopic (exact) mass is 278 g/mol. The van der Waals surface area contributed by atoms with Crippen molar-refractivity contribution in [3.63, 3.8) is 0 Å². The highest BCUT2D eigenvalue weighted by molar-refractivity contribution is 9.10. The van der Waals surface area contributed by atoms with Crippen LogP contribution in [0.5, 0.6) is 0 Å². The highest BCUT2D eigenvalue weighted by Crippen LogP contribution is 2.26. The molecule has 1 N–H and O–H groups in total. The molecule has 5 heteroatoms. The summed E-state index contributed by atoms with van der Waals surface area (Å²) in [6.07, 6.45) is -1.33. The van der Waals surface area contributed by atoms with Gasteiger partial charge >= 0.3 is 5.97 Å². The van der Waals surface area contributed by atoms with Crippen LogP contribution in [0.3, 0.4) is 0 Å². The Morgan fingerprint density at radius 2 is 2.29 bits per heavy atom. The molecule has 1 atom stereocenters. The van der Waals surface area contributed by atoms with Gasteiger partial charge in [0.05, 0.1) is 7.11 Å². The molecule has 1 rings (SSSR count). The Kier molecular flexibility index (Phi) is 3.92. The van der Waals surface area contributed by atoms with Crippen LogP contribution in [0.2, 0.25) is 5.02 Å². The van der Waals surface area contributed by atoms with Crippen LogP contribution in [-0.2, 0) is 9.53 Å². The molecule has 76 valence electrons. The van der Waals surface area contributed by atoms with Gasteiger partial charge in [-0.25, -0.2) is 4.79 Å². The molecule has 0 aliphatic heterocycles. The molecule has 14 heavy (non-hydrogen) atoms. The van der Waals surface area contributed by atoms with E-state index in [0.717, 1.165) is 4.47 Å². The summed E-state index contributed by atoms with van der Waals surface area (Å²) >= 11 is 9.04. The maximum Gasteiger partial charge on any atom is 0.339 e. The molecule has 1 unspecified atom stereocenters. The average Bonchev–Trinajstić information content (AvgIpc) is 2.15. The van der Waals surface area contributed by atoms with Crippen molar-refractivity contribution in [3.8, 4) is 0 Å². The van der Waals surface area contributed by atoms with E-state index >= 15 is 0 Å². The van der Waals surface area contributed by atoms with E-state index in [2.05, 4.69) is 20.7 Å². The predicted molar refractivity (Wildman–Crippen MR) is 56.1 cm³/mol. The molecule has 0 fully saturated rings. The lowest BCUT2D eigenvalue weighted by Crippen LogP contribution is -2.13. The summed E-state index contributed by atoms with van der Waals surface area (Å²) in [5, 5.41) is 9.80. The minimum atomic E-state index is -1.33. The van der Waals surface area contributed by atoms with E-state index in [1.54, 1.807) is 18.2 Å². The van der Waals surface area contributed by atoms with Gasteiger partial charge in [0.2, 0.25) is 0 Å². The van der Waals surface area contributed by atoms with Crippen LogP contribution < -0.4 is 0 Å². The fraction of sp³-hybridized carbons (Fsp3) is 0.222. The van der Waals surface area contributed by atoms with Crippen molar-refractivity contribution < 1.29 is 14.6 Å². The third-order valence-corrected chi connectivity index (χ3v) is 2.50. The van der Waals surface area contributed by atoms with Crippen molar-refractivity contribution in [2.75, 3.05) is 7.11 Å². The molecule has 0 saturated heterocycles. The summed E-state index contributed by atoms with van der Waals surface area (Å²) in [4.78, 5) is 11.0. The van der Waals surface area contributed by atoms with E-state index < -0.39 is 12.1 Å². The molecule has 0 aliphatic carbocycles. The van der Waals surface area contributed by atoms with E-state index in [1.165, 1.54) is 7.11 Å². The number of benzene rings is 1. The third-order valence-electron chi connectivity index (χ3n) is 1.68. The number of esters is 1. The van der Waals surface area contributed by atoms with Gasteiger partial charge in [-0.15, -0.1) is 0 Å². The molecular formula is C9H8BrClO3. The van der Waals surface area contributed by atoms with E-state index in [0.29, 0.717) is 10.6 Å². The lowest BCUT2D eigenvalue weighted by molar-refractivity contribution is -0.150. The van der Waals surface area contributed by atoms with E-state index in [-0.39, 0.29) is 0 Å². The SMILES string of the molecule is COC(=O)C(O)c1ccc(Br)cc1Cl. The Labute approximate surface area is 94.8 Å². The zero-order chi connectivity index (χ0) is 10.7. The zero-order valence-corrected chi connectivity index (χ0v) is 9.67. The van der Waals surface area contributed by atoms with Gasteiger partial charge in [-0.05, 0) is 12.1 Å². The topological polar surface area (TPSA) is 46.5 Å². The largest absolute Gasteiger partial charge is 0.467 e. The molecule has 1 aromatic carbocycles. The highest BCUT2D eigenvalue weighted by Gasteiger charge is 2.20.